The summed E-state index contributed by atoms with van der Waals surface area (Å²) >= 11 is 5.97. The van der Waals surface area contributed by atoms with E-state index in [4.69, 9.17) is 16.3 Å². The van der Waals surface area contributed by atoms with Gasteiger partial charge in [-0.25, -0.2) is 0 Å². The van der Waals surface area contributed by atoms with Crippen molar-refractivity contribution in [2.45, 2.75) is 52.1 Å². The molecular weight excluding hydrogens is 352 g/mol. The molecule has 2 aromatic rings. The van der Waals surface area contributed by atoms with E-state index in [9.17, 15) is 4.79 Å². The maximum absolute atomic E-state index is 12.5. The molecule has 2 aromatic heterocycles. The van der Waals surface area contributed by atoms with Crippen LogP contribution in [-0.2, 0) is 6.54 Å². The zero-order valence-electron chi connectivity index (χ0n) is 15.5. The molecule has 6 nitrogen and oxygen atoms in total. The molecule has 140 valence electrons. The van der Waals surface area contributed by atoms with Crippen LogP contribution in [0.3, 0.4) is 0 Å². The summed E-state index contributed by atoms with van der Waals surface area (Å²) in [6.07, 6.45) is 5.64. The molecule has 1 fully saturated rings. The summed E-state index contributed by atoms with van der Waals surface area (Å²) < 4.78 is 7.21. The van der Waals surface area contributed by atoms with Gasteiger partial charge in [0.1, 0.15) is 0 Å². The Morgan fingerprint density at radius 2 is 2.04 bits per heavy atom. The van der Waals surface area contributed by atoms with Crippen LogP contribution in [0.1, 0.15) is 47.4 Å². The molecule has 3 rings (SSSR count). The lowest BCUT2D eigenvalue weighted by molar-refractivity contribution is 0.0919. The Balaban J connectivity index is 1.52. The van der Waals surface area contributed by atoms with Crippen LogP contribution in [0.15, 0.2) is 18.3 Å². The van der Waals surface area contributed by atoms with Crippen molar-refractivity contribution in [2.75, 3.05) is 7.11 Å². The number of halogens is 1. The van der Waals surface area contributed by atoms with Gasteiger partial charge in [0.2, 0.25) is 5.88 Å². The van der Waals surface area contributed by atoms with E-state index in [-0.39, 0.29) is 11.9 Å². The van der Waals surface area contributed by atoms with Crippen LogP contribution in [0.2, 0.25) is 5.02 Å². The second-order valence-corrected chi connectivity index (χ2v) is 7.42. The molecule has 1 aliphatic carbocycles. The van der Waals surface area contributed by atoms with Gasteiger partial charge in [-0.05, 0) is 51.5 Å². The van der Waals surface area contributed by atoms with Gasteiger partial charge in [-0.3, -0.25) is 14.5 Å². The van der Waals surface area contributed by atoms with Gasteiger partial charge in [0.05, 0.1) is 23.4 Å². The Morgan fingerprint density at radius 3 is 2.69 bits per heavy atom. The Kier molecular flexibility index (Phi) is 5.81. The van der Waals surface area contributed by atoms with E-state index in [1.807, 2.05) is 24.6 Å². The largest absolute Gasteiger partial charge is 0.480 e. The molecule has 0 unspecified atom stereocenters. The van der Waals surface area contributed by atoms with Crippen LogP contribution in [-0.4, -0.2) is 33.8 Å². The fraction of sp³-hybridized carbons (Fsp3) is 0.526. The van der Waals surface area contributed by atoms with Crippen molar-refractivity contribution in [1.82, 2.24) is 20.1 Å². The highest BCUT2D eigenvalue weighted by Crippen LogP contribution is 2.27. The van der Waals surface area contributed by atoms with Gasteiger partial charge in [0, 0.05) is 30.5 Å². The fourth-order valence-corrected chi connectivity index (χ4v) is 3.66. The van der Waals surface area contributed by atoms with E-state index in [2.05, 4.69) is 15.4 Å². The highest BCUT2D eigenvalue weighted by atomic mass is 35.5. The van der Waals surface area contributed by atoms with Crippen molar-refractivity contribution in [2.24, 2.45) is 5.92 Å². The van der Waals surface area contributed by atoms with Crippen LogP contribution in [0.5, 0.6) is 5.88 Å². The topological polar surface area (TPSA) is 69.0 Å². The van der Waals surface area contributed by atoms with Crippen molar-refractivity contribution >= 4 is 17.5 Å². The summed E-state index contributed by atoms with van der Waals surface area (Å²) in [5.74, 6) is 1.14. The summed E-state index contributed by atoms with van der Waals surface area (Å²) in [7, 11) is 1.64. The number of pyridine rings is 1. The monoisotopic (exact) mass is 376 g/mol. The third-order valence-corrected chi connectivity index (χ3v) is 5.29. The van der Waals surface area contributed by atoms with Crippen LogP contribution < -0.4 is 10.1 Å². The summed E-state index contributed by atoms with van der Waals surface area (Å²) in [6.45, 7) is 4.76. The summed E-state index contributed by atoms with van der Waals surface area (Å²) in [5.41, 5.74) is 2.36. The number of rotatable bonds is 5. The lowest BCUT2D eigenvalue weighted by atomic mass is 9.86. The van der Waals surface area contributed by atoms with Gasteiger partial charge in [0.25, 0.3) is 5.91 Å². The Morgan fingerprint density at radius 1 is 1.31 bits per heavy atom. The third kappa shape index (κ3) is 4.36. The normalized spacial score (nSPS) is 20.0. The molecule has 1 amide bonds. The SMILES string of the molecule is COc1cc(C)n(CC2CCC(NC(=O)c3cc(Cl)cnc3C)CC2)n1. The number of aryl methyl sites for hydroxylation is 2. The number of carbonyl (C=O) groups excluding carboxylic acids is 1. The van der Waals surface area contributed by atoms with Crippen molar-refractivity contribution in [3.63, 3.8) is 0 Å². The third-order valence-electron chi connectivity index (χ3n) is 5.08. The quantitative estimate of drug-likeness (QED) is 0.866. The maximum atomic E-state index is 12.5. The smallest absolute Gasteiger partial charge is 0.253 e. The van der Waals surface area contributed by atoms with Gasteiger partial charge >= 0.3 is 0 Å². The van der Waals surface area contributed by atoms with Crippen LogP contribution >= 0.6 is 11.6 Å². The first-order valence-electron chi connectivity index (χ1n) is 8.97. The minimum atomic E-state index is -0.0893. The zero-order valence-corrected chi connectivity index (χ0v) is 16.2. The molecule has 0 aromatic carbocycles. The average Bonchev–Trinajstić information content (AvgIpc) is 2.98. The van der Waals surface area contributed by atoms with E-state index in [0.29, 0.717) is 28.1 Å². The molecule has 0 radical (unpaired) electrons. The first kappa shape index (κ1) is 18.7. The number of nitrogens with zero attached hydrogens (tertiary/aromatic N) is 3. The first-order chi connectivity index (χ1) is 12.5. The standard InChI is InChI=1S/C19H25ClN4O2/c1-12-8-18(26-3)23-24(12)11-14-4-6-16(7-5-14)22-19(25)17-9-15(20)10-21-13(17)2/h8-10,14,16H,4-7,11H2,1-3H3,(H,22,25). The second-order valence-electron chi connectivity index (χ2n) is 6.99. The average molecular weight is 377 g/mol. The van der Waals surface area contributed by atoms with Gasteiger partial charge in [-0.15, -0.1) is 5.10 Å². The van der Waals surface area contributed by atoms with Gasteiger partial charge in [-0.2, -0.15) is 0 Å². The molecule has 1 saturated carbocycles. The molecule has 1 aliphatic rings. The lowest BCUT2D eigenvalue weighted by Crippen LogP contribution is -2.38. The molecular formula is C19H25ClN4O2. The van der Waals surface area contributed by atoms with E-state index in [0.717, 1.165) is 37.9 Å². The predicted octanol–water partition coefficient (Wildman–Crippen LogP) is 3.55. The minimum absolute atomic E-state index is 0.0893. The van der Waals surface area contributed by atoms with E-state index < -0.39 is 0 Å². The summed E-state index contributed by atoms with van der Waals surface area (Å²) in [4.78, 5) is 16.7. The van der Waals surface area contributed by atoms with Crippen molar-refractivity contribution in [1.29, 1.82) is 0 Å². The lowest BCUT2D eigenvalue weighted by Gasteiger charge is -2.29. The second kappa shape index (κ2) is 8.08. The molecule has 0 spiro atoms. The van der Waals surface area contributed by atoms with Crippen LogP contribution in [0.4, 0.5) is 0 Å². The molecule has 0 saturated heterocycles. The maximum Gasteiger partial charge on any atom is 0.253 e. The number of aromatic nitrogens is 3. The van der Waals surface area contributed by atoms with Crippen molar-refractivity contribution in [3.05, 3.63) is 40.3 Å². The number of amides is 1. The van der Waals surface area contributed by atoms with Gasteiger partial charge in [0.15, 0.2) is 0 Å². The Labute approximate surface area is 158 Å². The molecule has 0 bridgehead atoms. The molecule has 0 aliphatic heterocycles. The van der Waals surface area contributed by atoms with Crippen LogP contribution in [0, 0.1) is 19.8 Å². The highest BCUT2D eigenvalue weighted by Gasteiger charge is 2.24. The highest BCUT2D eigenvalue weighted by molar-refractivity contribution is 6.30. The zero-order chi connectivity index (χ0) is 18.7. The number of carbonyl (C=O) groups is 1. The van der Waals surface area contributed by atoms with Crippen molar-refractivity contribution in [3.8, 4) is 5.88 Å². The van der Waals surface area contributed by atoms with Gasteiger partial charge < -0.3 is 10.1 Å². The molecule has 2 heterocycles. The summed E-state index contributed by atoms with van der Waals surface area (Å²) in [6, 6.07) is 3.83. The van der Waals surface area contributed by atoms with Crippen molar-refractivity contribution < 1.29 is 9.53 Å². The Bertz CT molecular complexity index is 782. The molecule has 0 atom stereocenters. The molecule has 1 N–H and O–H groups in total. The number of ether oxygens (including phenoxy) is 1. The fourth-order valence-electron chi connectivity index (χ4n) is 3.50. The minimum Gasteiger partial charge on any atom is -0.480 e. The number of nitrogens with one attached hydrogen (secondary N) is 1. The number of methoxy groups -OCH3 is 1. The van der Waals surface area contributed by atoms with E-state index >= 15 is 0 Å². The van der Waals surface area contributed by atoms with Crippen LogP contribution in [0.25, 0.3) is 0 Å². The Hall–Kier alpha value is -2.08. The van der Waals surface area contributed by atoms with E-state index in [1.165, 1.54) is 0 Å². The van der Waals surface area contributed by atoms with Gasteiger partial charge in [-0.1, -0.05) is 11.6 Å². The first-order valence-corrected chi connectivity index (χ1v) is 9.35. The van der Waals surface area contributed by atoms with E-state index in [1.54, 1.807) is 19.4 Å². The predicted molar refractivity (Wildman–Crippen MR) is 101 cm³/mol. The molecule has 26 heavy (non-hydrogen) atoms. The molecule has 7 heteroatoms. The number of hydrogen-bond donors (Lipinski definition) is 1. The number of hydrogen-bond acceptors (Lipinski definition) is 4. The summed E-state index contributed by atoms with van der Waals surface area (Å²) in [5, 5.41) is 8.07.